The van der Waals surface area contributed by atoms with E-state index in [1.54, 1.807) is 0 Å². The average Bonchev–Trinajstić information content (AvgIpc) is 2.27. The van der Waals surface area contributed by atoms with Crippen molar-refractivity contribution < 1.29 is 0 Å². The third-order valence-electron chi connectivity index (χ3n) is 1.50. The summed E-state index contributed by atoms with van der Waals surface area (Å²) in [5, 5.41) is 2.82. The highest BCUT2D eigenvalue weighted by molar-refractivity contribution is 9.11. The molecule has 0 amide bonds. The quantitative estimate of drug-likeness (QED) is 0.626. The van der Waals surface area contributed by atoms with E-state index in [1.165, 1.54) is 14.7 Å². The first kappa shape index (κ1) is 6.45. The van der Waals surface area contributed by atoms with Crippen LogP contribution in [0.1, 0.15) is 0 Å². The second-order valence-electron chi connectivity index (χ2n) is 2.20. The fraction of sp³-hybridized carbons (Fsp3) is 0. The SMILES string of the molecule is Brc1cc2ccccc2[pH]1. The van der Waals surface area contributed by atoms with Crippen LogP contribution in [0.15, 0.2) is 34.5 Å². The van der Waals surface area contributed by atoms with E-state index in [-0.39, 0.29) is 0 Å². The van der Waals surface area contributed by atoms with Crippen molar-refractivity contribution in [1.29, 1.82) is 0 Å². The summed E-state index contributed by atoms with van der Waals surface area (Å²) in [4.78, 5) is 0. The van der Waals surface area contributed by atoms with E-state index < -0.39 is 0 Å². The molecule has 0 saturated heterocycles. The highest BCUT2D eigenvalue weighted by atomic mass is 79.9. The molecule has 10 heavy (non-hydrogen) atoms. The third-order valence-corrected chi connectivity index (χ3v) is 3.43. The van der Waals surface area contributed by atoms with Crippen LogP contribution in [0.3, 0.4) is 0 Å². The second-order valence-corrected chi connectivity index (χ2v) is 5.12. The van der Waals surface area contributed by atoms with Gasteiger partial charge in [0.2, 0.25) is 0 Å². The van der Waals surface area contributed by atoms with Crippen molar-refractivity contribution in [3.63, 3.8) is 0 Å². The van der Waals surface area contributed by atoms with E-state index >= 15 is 0 Å². The molecular weight excluding hydrogens is 207 g/mol. The van der Waals surface area contributed by atoms with Crippen molar-refractivity contribution in [2.24, 2.45) is 0 Å². The van der Waals surface area contributed by atoms with Crippen molar-refractivity contribution in [2.45, 2.75) is 0 Å². The molecule has 1 heterocycles. The van der Waals surface area contributed by atoms with Gasteiger partial charge in [-0.3, -0.25) is 0 Å². The van der Waals surface area contributed by atoms with Gasteiger partial charge in [-0.05, 0) is 32.5 Å². The van der Waals surface area contributed by atoms with Crippen molar-refractivity contribution in [3.8, 4) is 0 Å². The molecule has 0 aliphatic heterocycles. The Bertz CT molecular complexity index is 318. The molecule has 2 heteroatoms. The Kier molecular flexibility index (Phi) is 1.55. The van der Waals surface area contributed by atoms with Gasteiger partial charge in [0.15, 0.2) is 0 Å². The third kappa shape index (κ3) is 1.00. The smallest absolute Gasteiger partial charge is 0.0349 e. The minimum atomic E-state index is 0.831. The summed E-state index contributed by atoms with van der Waals surface area (Å²) in [5.74, 6) is 0. The summed E-state index contributed by atoms with van der Waals surface area (Å²) in [6.45, 7) is 0. The van der Waals surface area contributed by atoms with Gasteiger partial charge in [0.1, 0.15) is 0 Å². The molecule has 0 saturated carbocycles. The lowest BCUT2D eigenvalue weighted by molar-refractivity contribution is 1.85. The minimum absolute atomic E-state index is 0.831. The number of halogens is 1. The van der Waals surface area contributed by atoms with E-state index in [4.69, 9.17) is 0 Å². The maximum absolute atomic E-state index is 3.49. The zero-order valence-electron chi connectivity index (χ0n) is 5.26. The van der Waals surface area contributed by atoms with Crippen LogP contribution in [0.2, 0.25) is 0 Å². The lowest BCUT2D eigenvalue weighted by Crippen LogP contribution is -1.56. The van der Waals surface area contributed by atoms with Crippen LogP contribution in [-0.4, -0.2) is 0 Å². The Hall–Kier alpha value is -0.260. The van der Waals surface area contributed by atoms with Crippen LogP contribution >= 0.6 is 24.1 Å². The molecule has 0 radical (unpaired) electrons. The molecule has 1 unspecified atom stereocenters. The zero-order chi connectivity index (χ0) is 6.97. The summed E-state index contributed by atoms with van der Waals surface area (Å²) in [6, 6.07) is 10.7. The molecule has 0 aliphatic carbocycles. The number of benzene rings is 1. The van der Waals surface area contributed by atoms with Crippen LogP contribution in [0.5, 0.6) is 0 Å². The summed E-state index contributed by atoms with van der Waals surface area (Å²) in [5.41, 5.74) is 0. The van der Waals surface area contributed by atoms with Crippen molar-refractivity contribution in [3.05, 3.63) is 34.5 Å². The topological polar surface area (TPSA) is 0 Å². The van der Waals surface area contributed by atoms with Gasteiger partial charge in [0.05, 0.1) is 0 Å². The van der Waals surface area contributed by atoms with E-state index in [0.29, 0.717) is 0 Å². The molecule has 0 nitrogen and oxygen atoms in total. The first-order chi connectivity index (χ1) is 4.86. The van der Waals surface area contributed by atoms with Gasteiger partial charge in [-0.15, -0.1) is 8.19 Å². The van der Waals surface area contributed by atoms with E-state index in [0.717, 1.165) is 8.19 Å². The van der Waals surface area contributed by atoms with Crippen molar-refractivity contribution in [2.75, 3.05) is 0 Å². The molecule has 1 aromatic heterocycles. The molecule has 2 rings (SSSR count). The first-order valence-electron chi connectivity index (χ1n) is 3.09. The van der Waals surface area contributed by atoms with E-state index in [2.05, 4.69) is 46.3 Å². The first-order valence-corrected chi connectivity index (χ1v) is 4.89. The Morgan fingerprint density at radius 3 is 2.80 bits per heavy atom. The number of fused-ring (bicyclic) bond motifs is 1. The highest BCUT2D eigenvalue weighted by Gasteiger charge is 1.93. The van der Waals surface area contributed by atoms with E-state index in [9.17, 15) is 0 Å². The maximum atomic E-state index is 3.49. The molecular formula is C8H6BrP. The van der Waals surface area contributed by atoms with Gasteiger partial charge < -0.3 is 0 Å². The fourth-order valence-electron chi connectivity index (χ4n) is 1.04. The average molecular weight is 213 g/mol. The summed E-state index contributed by atoms with van der Waals surface area (Å²) in [6.07, 6.45) is 0. The molecule has 1 atom stereocenters. The lowest BCUT2D eigenvalue weighted by atomic mass is 10.3. The Morgan fingerprint density at radius 1 is 1.20 bits per heavy atom. The molecule has 0 aliphatic rings. The van der Waals surface area contributed by atoms with Crippen molar-refractivity contribution in [1.82, 2.24) is 0 Å². The number of hydrogen-bond donors (Lipinski definition) is 0. The van der Waals surface area contributed by atoms with E-state index in [1.807, 2.05) is 0 Å². The maximum Gasteiger partial charge on any atom is 0.0349 e. The normalized spacial score (nSPS) is 11.3. The molecule has 50 valence electrons. The molecule has 0 spiro atoms. The highest BCUT2D eigenvalue weighted by Crippen LogP contribution is 2.33. The Morgan fingerprint density at radius 2 is 2.00 bits per heavy atom. The Balaban J connectivity index is 2.88. The molecule has 0 N–H and O–H groups in total. The van der Waals surface area contributed by atoms with Crippen LogP contribution in [0.4, 0.5) is 0 Å². The molecule has 0 bridgehead atoms. The Labute approximate surface area is 69.5 Å². The zero-order valence-corrected chi connectivity index (χ0v) is 7.85. The van der Waals surface area contributed by atoms with Gasteiger partial charge in [-0.2, -0.15) is 0 Å². The summed E-state index contributed by atoms with van der Waals surface area (Å²) >= 11 is 3.49. The molecule has 0 fully saturated rings. The monoisotopic (exact) mass is 212 g/mol. The fourth-order valence-corrected chi connectivity index (χ4v) is 2.89. The van der Waals surface area contributed by atoms with Gasteiger partial charge in [0.25, 0.3) is 0 Å². The van der Waals surface area contributed by atoms with Crippen LogP contribution in [0.25, 0.3) is 10.5 Å². The van der Waals surface area contributed by atoms with Crippen LogP contribution in [-0.2, 0) is 0 Å². The standard InChI is InChI=1S/C8H6BrP/c9-8-5-6-3-1-2-4-7(6)10-8/h1-5,10H. The number of rotatable bonds is 0. The van der Waals surface area contributed by atoms with Gasteiger partial charge >= 0.3 is 0 Å². The lowest BCUT2D eigenvalue weighted by Gasteiger charge is -1.83. The second kappa shape index (κ2) is 2.41. The predicted molar refractivity (Wildman–Crippen MR) is 51.1 cm³/mol. The van der Waals surface area contributed by atoms with Crippen molar-refractivity contribution >= 4 is 34.6 Å². The summed E-state index contributed by atoms with van der Waals surface area (Å²) < 4.78 is 1.31. The number of hydrogen-bond acceptors (Lipinski definition) is 0. The van der Waals surface area contributed by atoms with Crippen LogP contribution < -0.4 is 0 Å². The summed E-state index contributed by atoms with van der Waals surface area (Å²) in [7, 11) is 0.831. The van der Waals surface area contributed by atoms with Gasteiger partial charge in [0, 0.05) is 4.20 Å². The minimum Gasteiger partial charge on any atom is -0.117 e. The largest absolute Gasteiger partial charge is 0.117 e. The van der Waals surface area contributed by atoms with Crippen LogP contribution in [0, 0.1) is 0 Å². The molecule has 1 aromatic carbocycles. The van der Waals surface area contributed by atoms with Gasteiger partial charge in [-0.25, -0.2) is 0 Å². The predicted octanol–water partition coefficient (Wildman–Crippen LogP) is 3.63. The molecule has 2 aromatic rings. The van der Waals surface area contributed by atoms with Gasteiger partial charge in [-0.1, -0.05) is 24.3 Å².